The van der Waals surface area contributed by atoms with Gasteiger partial charge in [-0.25, -0.2) is 4.79 Å². The lowest BCUT2D eigenvalue weighted by Crippen LogP contribution is -2.32. The standard InChI is InChI=1S/C17H17ClF3N3O2/c1-16(2,3)26-15(25)22-9-10-8-13(23-24-14(10)18)11-6-4-5-7-12(11)17(19,20)21/h4-8H,9H2,1-3H3,(H,22,25). The number of aromatic nitrogens is 2. The van der Waals surface area contributed by atoms with Gasteiger partial charge in [-0.1, -0.05) is 29.8 Å². The van der Waals surface area contributed by atoms with Crippen molar-refractivity contribution in [1.29, 1.82) is 0 Å². The first kappa shape index (κ1) is 20.0. The predicted octanol–water partition coefficient (Wildman–Crippen LogP) is 4.84. The molecule has 0 unspecified atom stereocenters. The fraction of sp³-hybridized carbons (Fsp3) is 0.353. The van der Waals surface area contributed by atoms with Gasteiger partial charge in [0.2, 0.25) is 0 Å². The molecule has 2 rings (SSSR count). The second-order valence-electron chi connectivity index (χ2n) is 6.44. The summed E-state index contributed by atoms with van der Waals surface area (Å²) in [5, 5.41) is 9.90. The molecule has 0 radical (unpaired) electrons. The Bertz CT molecular complexity index is 805. The Balaban J connectivity index is 2.27. The molecule has 1 N–H and O–H groups in total. The number of nitrogens with one attached hydrogen (secondary N) is 1. The average molecular weight is 388 g/mol. The fourth-order valence-corrected chi connectivity index (χ4v) is 2.27. The molecule has 0 saturated carbocycles. The number of halogens is 4. The van der Waals surface area contributed by atoms with Gasteiger partial charge >= 0.3 is 12.3 Å². The first-order valence-corrected chi connectivity index (χ1v) is 8.01. The highest BCUT2D eigenvalue weighted by Gasteiger charge is 2.33. The summed E-state index contributed by atoms with van der Waals surface area (Å²) in [5.74, 6) is 0. The van der Waals surface area contributed by atoms with Gasteiger partial charge in [0, 0.05) is 17.7 Å². The number of nitrogens with zero attached hydrogens (tertiary/aromatic N) is 2. The summed E-state index contributed by atoms with van der Waals surface area (Å²) in [6.45, 7) is 5.06. The highest BCUT2D eigenvalue weighted by atomic mass is 35.5. The van der Waals surface area contributed by atoms with Gasteiger partial charge in [-0.15, -0.1) is 10.2 Å². The second-order valence-corrected chi connectivity index (χ2v) is 6.80. The van der Waals surface area contributed by atoms with Gasteiger partial charge in [0.25, 0.3) is 0 Å². The number of hydrogen-bond donors (Lipinski definition) is 1. The topological polar surface area (TPSA) is 64.1 Å². The van der Waals surface area contributed by atoms with Crippen LogP contribution in [0.1, 0.15) is 31.9 Å². The van der Waals surface area contributed by atoms with E-state index in [9.17, 15) is 18.0 Å². The third-order valence-corrected chi connectivity index (χ3v) is 3.47. The van der Waals surface area contributed by atoms with Crippen LogP contribution >= 0.6 is 11.6 Å². The van der Waals surface area contributed by atoms with E-state index < -0.39 is 23.4 Å². The molecule has 1 heterocycles. The number of rotatable bonds is 3. The monoisotopic (exact) mass is 387 g/mol. The summed E-state index contributed by atoms with van der Waals surface area (Å²) in [5.41, 5.74) is -1.31. The maximum Gasteiger partial charge on any atom is 0.417 e. The van der Waals surface area contributed by atoms with Crippen LogP contribution in [0.15, 0.2) is 30.3 Å². The van der Waals surface area contributed by atoms with Crippen LogP contribution in [-0.4, -0.2) is 21.9 Å². The van der Waals surface area contributed by atoms with E-state index in [4.69, 9.17) is 16.3 Å². The zero-order chi connectivity index (χ0) is 19.5. The van der Waals surface area contributed by atoms with Crippen LogP contribution < -0.4 is 5.32 Å². The summed E-state index contributed by atoms with van der Waals surface area (Å²) in [4.78, 5) is 11.7. The molecular formula is C17H17ClF3N3O2. The highest BCUT2D eigenvalue weighted by Crippen LogP contribution is 2.36. The molecule has 0 bridgehead atoms. The molecule has 0 saturated heterocycles. The van der Waals surface area contributed by atoms with Crippen LogP contribution in [0.3, 0.4) is 0 Å². The zero-order valence-corrected chi connectivity index (χ0v) is 15.1. The third-order valence-electron chi connectivity index (χ3n) is 3.15. The lowest BCUT2D eigenvalue weighted by Gasteiger charge is -2.19. The first-order valence-electron chi connectivity index (χ1n) is 7.63. The predicted molar refractivity (Wildman–Crippen MR) is 90.6 cm³/mol. The maximum absolute atomic E-state index is 13.2. The Labute approximate surface area is 153 Å². The van der Waals surface area contributed by atoms with E-state index >= 15 is 0 Å². The quantitative estimate of drug-likeness (QED) is 0.818. The van der Waals surface area contributed by atoms with Crippen LogP contribution in [0.5, 0.6) is 0 Å². The Kier molecular flexibility index (Phi) is 5.75. The van der Waals surface area contributed by atoms with Crippen molar-refractivity contribution < 1.29 is 22.7 Å². The Morgan fingerprint density at radius 1 is 1.19 bits per heavy atom. The van der Waals surface area contributed by atoms with Crippen molar-refractivity contribution in [1.82, 2.24) is 15.5 Å². The summed E-state index contributed by atoms with van der Waals surface area (Å²) in [6.07, 6.45) is -5.21. The number of carbonyl (C=O) groups is 1. The normalized spacial score (nSPS) is 12.0. The van der Waals surface area contributed by atoms with Crippen molar-refractivity contribution >= 4 is 17.7 Å². The third kappa shape index (κ3) is 5.32. The number of amides is 1. The van der Waals surface area contributed by atoms with Crippen LogP contribution in [0.4, 0.5) is 18.0 Å². The molecule has 140 valence electrons. The smallest absolute Gasteiger partial charge is 0.417 e. The number of benzene rings is 1. The number of ether oxygens (including phenoxy) is 1. The minimum Gasteiger partial charge on any atom is -0.444 e. The zero-order valence-electron chi connectivity index (χ0n) is 14.3. The molecule has 26 heavy (non-hydrogen) atoms. The van der Waals surface area contributed by atoms with Crippen molar-refractivity contribution in [3.05, 3.63) is 46.6 Å². The first-order chi connectivity index (χ1) is 12.0. The molecule has 1 aromatic carbocycles. The van der Waals surface area contributed by atoms with Crippen LogP contribution in [0.2, 0.25) is 5.15 Å². The van der Waals surface area contributed by atoms with Crippen molar-refractivity contribution in [3.63, 3.8) is 0 Å². The Morgan fingerprint density at radius 2 is 1.85 bits per heavy atom. The largest absolute Gasteiger partial charge is 0.444 e. The van der Waals surface area contributed by atoms with Gasteiger partial charge in [-0.3, -0.25) is 0 Å². The SMILES string of the molecule is CC(C)(C)OC(=O)NCc1cc(-c2ccccc2C(F)(F)F)nnc1Cl. The molecule has 0 fully saturated rings. The lowest BCUT2D eigenvalue weighted by molar-refractivity contribution is -0.137. The van der Waals surface area contributed by atoms with E-state index in [1.54, 1.807) is 20.8 Å². The van der Waals surface area contributed by atoms with Crippen LogP contribution in [0.25, 0.3) is 11.3 Å². The van der Waals surface area contributed by atoms with Gasteiger partial charge in [0.05, 0.1) is 11.3 Å². The van der Waals surface area contributed by atoms with Crippen molar-refractivity contribution in [2.75, 3.05) is 0 Å². The minimum absolute atomic E-state index is 0.00307. The van der Waals surface area contributed by atoms with Gasteiger partial charge in [-0.2, -0.15) is 13.2 Å². The van der Waals surface area contributed by atoms with Crippen molar-refractivity contribution in [3.8, 4) is 11.3 Å². The molecule has 9 heteroatoms. The number of alkyl halides is 3. The van der Waals surface area contributed by atoms with E-state index in [1.807, 2.05) is 0 Å². The summed E-state index contributed by atoms with van der Waals surface area (Å²) < 4.78 is 44.6. The van der Waals surface area contributed by atoms with Crippen molar-refractivity contribution in [2.45, 2.75) is 39.1 Å². The highest BCUT2D eigenvalue weighted by molar-refractivity contribution is 6.30. The molecule has 0 aliphatic heterocycles. The fourth-order valence-electron chi connectivity index (χ4n) is 2.11. The summed E-state index contributed by atoms with van der Waals surface area (Å²) in [7, 11) is 0. The summed E-state index contributed by atoms with van der Waals surface area (Å²) >= 11 is 5.94. The van der Waals surface area contributed by atoms with E-state index in [1.165, 1.54) is 24.3 Å². The average Bonchev–Trinajstić information content (AvgIpc) is 2.51. The van der Waals surface area contributed by atoms with Crippen molar-refractivity contribution in [2.24, 2.45) is 0 Å². The van der Waals surface area contributed by atoms with Gasteiger partial charge in [-0.05, 0) is 32.9 Å². The molecule has 1 aromatic heterocycles. The Morgan fingerprint density at radius 3 is 2.46 bits per heavy atom. The summed E-state index contributed by atoms with van der Waals surface area (Å²) in [6, 6.07) is 6.38. The van der Waals surface area contributed by atoms with E-state index in [-0.39, 0.29) is 23.0 Å². The molecule has 0 atom stereocenters. The Hall–Kier alpha value is -2.35. The number of carbonyl (C=O) groups excluding carboxylic acids is 1. The molecule has 0 spiro atoms. The lowest BCUT2D eigenvalue weighted by atomic mass is 10.0. The number of alkyl carbamates (subject to hydrolysis) is 1. The second kappa shape index (κ2) is 7.49. The molecule has 1 amide bonds. The van der Waals surface area contributed by atoms with Gasteiger partial charge < -0.3 is 10.1 Å². The van der Waals surface area contributed by atoms with E-state index in [0.29, 0.717) is 5.56 Å². The minimum atomic E-state index is -4.53. The van der Waals surface area contributed by atoms with Gasteiger partial charge in [0.15, 0.2) is 5.15 Å². The molecule has 0 aliphatic carbocycles. The maximum atomic E-state index is 13.2. The van der Waals surface area contributed by atoms with E-state index in [0.717, 1.165) is 6.07 Å². The van der Waals surface area contributed by atoms with Gasteiger partial charge in [0.1, 0.15) is 5.60 Å². The molecule has 2 aromatic rings. The molecule has 5 nitrogen and oxygen atoms in total. The van der Waals surface area contributed by atoms with Crippen LogP contribution in [0, 0.1) is 0 Å². The molecular weight excluding hydrogens is 371 g/mol. The number of hydrogen-bond acceptors (Lipinski definition) is 4. The van der Waals surface area contributed by atoms with Crippen LogP contribution in [-0.2, 0) is 17.5 Å². The van der Waals surface area contributed by atoms with E-state index in [2.05, 4.69) is 15.5 Å². The molecule has 0 aliphatic rings.